The van der Waals surface area contributed by atoms with Crippen LogP contribution in [0.2, 0.25) is 0 Å². The summed E-state index contributed by atoms with van der Waals surface area (Å²) in [6, 6.07) is 9.32. The van der Waals surface area contributed by atoms with Crippen LogP contribution in [0.1, 0.15) is 35.1 Å². The van der Waals surface area contributed by atoms with Crippen molar-refractivity contribution >= 4 is 5.91 Å². The molecule has 2 aromatic heterocycles. The molecule has 18 heavy (non-hydrogen) atoms. The lowest BCUT2D eigenvalue weighted by molar-refractivity contribution is 0.0700. The van der Waals surface area contributed by atoms with Crippen molar-refractivity contribution in [1.82, 2.24) is 9.88 Å². The van der Waals surface area contributed by atoms with E-state index in [2.05, 4.69) is 4.98 Å². The Labute approximate surface area is 105 Å². The van der Waals surface area contributed by atoms with E-state index in [9.17, 15) is 4.79 Å². The number of rotatable bonds is 2. The molecule has 4 nitrogen and oxygen atoms in total. The number of nitrogens with zero attached hydrogens (tertiary/aromatic N) is 2. The lowest BCUT2D eigenvalue weighted by atomic mass is 10.1. The summed E-state index contributed by atoms with van der Waals surface area (Å²) in [5.41, 5.74) is 0.954. The molecule has 0 spiro atoms. The zero-order valence-corrected chi connectivity index (χ0v) is 9.95. The molecule has 1 amide bonds. The van der Waals surface area contributed by atoms with E-state index in [0.29, 0.717) is 5.76 Å². The molecule has 92 valence electrons. The fourth-order valence-corrected chi connectivity index (χ4v) is 2.43. The molecule has 2 aromatic rings. The molecule has 3 rings (SSSR count). The van der Waals surface area contributed by atoms with Gasteiger partial charge in [-0.2, -0.15) is 0 Å². The summed E-state index contributed by atoms with van der Waals surface area (Å²) in [6.07, 6.45) is 5.26. The van der Waals surface area contributed by atoms with E-state index in [1.807, 2.05) is 23.1 Å². The average molecular weight is 242 g/mol. The highest BCUT2D eigenvalue weighted by Crippen LogP contribution is 2.31. The molecule has 1 aliphatic heterocycles. The van der Waals surface area contributed by atoms with Gasteiger partial charge >= 0.3 is 0 Å². The van der Waals surface area contributed by atoms with Crippen molar-refractivity contribution in [3.8, 4) is 0 Å². The Kier molecular flexibility index (Phi) is 2.84. The average Bonchev–Trinajstić information content (AvgIpc) is 3.10. The third kappa shape index (κ3) is 1.90. The van der Waals surface area contributed by atoms with Crippen LogP contribution < -0.4 is 0 Å². The molecule has 0 aromatic carbocycles. The van der Waals surface area contributed by atoms with Crippen LogP contribution in [0.3, 0.4) is 0 Å². The third-order valence-electron chi connectivity index (χ3n) is 3.27. The molecule has 0 bridgehead atoms. The van der Waals surface area contributed by atoms with Crippen LogP contribution in [-0.2, 0) is 0 Å². The van der Waals surface area contributed by atoms with Gasteiger partial charge in [0.25, 0.3) is 5.91 Å². The fraction of sp³-hybridized carbons (Fsp3) is 0.286. The number of furan rings is 1. The summed E-state index contributed by atoms with van der Waals surface area (Å²) in [5.74, 6) is 0.353. The summed E-state index contributed by atoms with van der Waals surface area (Å²) in [7, 11) is 0. The molecular weight excluding hydrogens is 228 g/mol. The number of amides is 1. The van der Waals surface area contributed by atoms with Crippen LogP contribution in [0.5, 0.6) is 0 Å². The van der Waals surface area contributed by atoms with Gasteiger partial charge in [-0.3, -0.25) is 9.78 Å². The number of carbonyl (C=O) groups is 1. The highest BCUT2D eigenvalue weighted by molar-refractivity contribution is 5.91. The van der Waals surface area contributed by atoms with Crippen molar-refractivity contribution in [2.24, 2.45) is 0 Å². The van der Waals surface area contributed by atoms with Gasteiger partial charge in [-0.15, -0.1) is 0 Å². The van der Waals surface area contributed by atoms with E-state index in [1.165, 1.54) is 6.26 Å². The SMILES string of the molecule is O=C(c1ccco1)N1CCCC1c1ccccn1. The number of hydrogen-bond acceptors (Lipinski definition) is 3. The summed E-state index contributed by atoms with van der Waals surface area (Å²) >= 11 is 0. The van der Waals surface area contributed by atoms with Crippen molar-refractivity contribution in [2.75, 3.05) is 6.54 Å². The minimum absolute atomic E-state index is 0.0480. The van der Waals surface area contributed by atoms with Gasteiger partial charge in [0, 0.05) is 12.7 Å². The summed E-state index contributed by atoms with van der Waals surface area (Å²) < 4.78 is 5.18. The Morgan fingerprint density at radius 1 is 1.33 bits per heavy atom. The second-order valence-corrected chi connectivity index (χ2v) is 4.39. The van der Waals surface area contributed by atoms with Crippen LogP contribution >= 0.6 is 0 Å². The molecule has 1 unspecified atom stereocenters. The van der Waals surface area contributed by atoms with Crippen molar-refractivity contribution in [3.05, 3.63) is 54.2 Å². The molecule has 4 heteroatoms. The molecule has 0 N–H and O–H groups in total. The Balaban J connectivity index is 1.86. The number of likely N-dealkylation sites (tertiary alicyclic amines) is 1. The van der Waals surface area contributed by atoms with Gasteiger partial charge < -0.3 is 9.32 Å². The van der Waals surface area contributed by atoms with Crippen LogP contribution in [0, 0.1) is 0 Å². The summed E-state index contributed by atoms with van der Waals surface area (Å²) in [4.78, 5) is 18.5. The highest BCUT2D eigenvalue weighted by atomic mass is 16.3. The van der Waals surface area contributed by atoms with Crippen LogP contribution in [-0.4, -0.2) is 22.3 Å². The van der Waals surface area contributed by atoms with Crippen LogP contribution in [0.4, 0.5) is 0 Å². The van der Waals surface area contributed by atoms with Gasteiger partial charge in [0.05, 0.1) is 18.0 Å². The van der Waals surface area contributed by atoms with Crippen LogP contribution in [0.15, 0.2) is 47.2 Å². The number of pyridine rings is 1. The number of aromatic nitrogens is 1. The Morgan fingerprint density at radius 3 is 3.00 bits per heavy atom. The normalized spacial score (nSPS) is 19.1. The highest BCUT2D eigenvalue weighted by Gasteiger charge is 2.32. The monoisotopic (exact) mass is 242 g/mol. The third-order valence-corrected chi connectivity index (χ3v) is 3.27. The van der Waals surface area contributed by atoms with Crippen molar-refractivity contribution in [2.45, 2.75) is 18.9 Å². The maximum atomic E-state index is 12.3. The molecule has 0 aliphatic carbocycles. The first-order valence-corrected chi connectivity index (χ1v) is 6.11. The molecule has 0 radical (unpaired) electrons. The van der Waals surface area contributed by atoms with Gasteiger partial charge in [0.15, 0.2) is 5.76 Å². The molecule has 1 aliphatic rings. The minimum Gasteiger partial charge on any atom is -0.459 e. The Hall–Kier alpha value is -2.10. The van der Waals surface area contributed by atoms with Crippen molar-refractivity contribution in [3.63, 3.8) is 0 Å². The van der Waals surface area contributed by atoms with Gasteiger partial charge in [-0.05, 0) is 37.1 Å². The van der Waals surface area contributed by atoms with E-state index >= 15 is 0 Å². The lowest BCUT2D eigenvalue weighted by Gasteiger charge is -2.23. The largest absolute Gasteiger partial charge is 0.459 e. The van der Waals surface area contributed by atoms with Gasteiger partial charge in [-0.1, -0.05) is 6.07 Å². The van der Waals surface area contributed by atoms with Crippen molar-refractivity contribution < 1.29 is 9.21 Å². The Bertz CT molecular complexity index is 522. The minimum atomic E-state index is -0.0480. The maximum Gasteiger partial charge on any atom is 0.290 e. The summed E-state index contributed by atoms with van der Waals surface area (Å²) in [5, 5.41) is 0. The van der Waals surface area contributed by atoms with E-state index in [0.717, 1.165) is 25.1 Å². The first-order valence-electron chi connectivity index (χ1n) is 6.11. The van der Waals surface area contributed by atoms with E-state index in [-0.39, 0.29) is 11.9 Å². The zero-order valence-electron chi connectivity index (χ0n) is 9.95. The smallest absolute Gasteiger partial charge is 0.290 e. The molecule has 1 saturated heterocycles. The first kappa shape index (κ1) is 11.0. The fourth-order valence-electron chi connectivity index (χ4n) is 2.43. The van der Waals surface area contributed by atoms with Gasteiger partial charge in [0.1, 0.15) is 0 Å². The van der Waals surface area contributed by atoms with Crippen LogP contribution in [0.25, 0.3) is 0 Å². The lowest BCUT2D eigenvalue weighted by Crippen LogP contribution is -2.30. The standard InChI is InChI=1S/C14H14N2O2/c17-14(13-7-4-10-18-13)16-9-3-6-12(16)11-5-1-2-8-15-11/h1-2,4-5,7-8,10,12H,3,6,9H2. The molecule has 1 fully saturated rings. The Morgan fingerprint density at radius 2 is 2.28 bits per heavy atom. The second kappa shape index (κ2) is 4.64. The predicted octanol–water partition coefficient (Wildman–Crippen LogP) is 2.65. The zero-order chi connectivity index (χ0) is 12.4. The van der Waals surface area contributed by atoms with E-state index in [4.69, 9.17) is 4.42 Å². The number of hydrogen-bond donors (Lipinski definition) is 0. The quantitative estimate of drug-likeness (QED) is 0.813. The molecule has 3 heterocycles. The molecule has 0 saturated carbocycles. The predicted molar refractivity (Wildman–Crippen MR) is 66.0 cm³/mol. The first-order chi connectivity index (χ1) is 8.86. The topological polar surface area (TPSA) is 46.3 Å². The second-order valence-electron chi connectivity index (χ2n) is 4.39. The van der Waals surface area contributed by atoms with Gasteiger partial charge in [0.2, 0.25) is 0 Å². The maximum absolute atomic E-state index is 12.3. The molecule has 1 atom stereocenters. The number of carbonyl (C=O) groups excluding carboxylic acids is 1. The van der Waals surface area contributed by atoms with E-state index < -0.39 is 0 Å². The van der Waals surface area contributed by atoms with Crippen molar-refractivity contribution in [1.29, 1.82) is 0 Å². The van der Waals surface area contributed by atoms with Gasteiger partial charge in [-0.25, -0.2) is 0 Å². The summed E-state index contributed by atoms with van der Waals surface area (Å²) in [6.45, 7) is 0.765. The molecular formula is C14H14N2O2. The van der Waals surface area contributed by atoms with E-state index in [1.54, 1.807) is 18.3 Å².